The van der Waals surface area contributed by atoms with Gasteiger partial charge in [-0.15, -0.1) is 0 Å². The molecular weight excluding hydrogens is 270 g/mol. The number of nitrogens with two attached hydrogens (primary N) is 1. The molecule has 104 valence electrons. The van der Waals surface area contributed by atoms with Gasteiger partial charge in [0.2, 0.25) is 0 Å². The van der Waals surface area contributed by atoms with E-state index in [9.17, 15) is 13.6 Å². The smallest absolute Gasteiger partial charge is 0.259 e. The van der Waals surface area contributed by atoms with E-state index in [1.54, 1.807) is 11.8 Å². The zero-order valence-electron chi connectivity index (χ0n) is 10.7. The van der Waals surface area contributed by atoms with Gasteiger partial charge in [0.05, 0.1) is 5.69 Å². The highest BCUT2D eigenvalue weighted by atomic mass is 32.2. The van der Waals surface area contributed by atoms with Gasteiger partial charge in [0.15, 0.2) is 5.82 Å². The van der Waals surface area contributed by atoms with Crippen molar-refractivity contribution >= 4 is 23.4 Å². The van der Waals surface area contributed by atoms with Gasteiger partial charge in [-0.05, 0) is 18.6 Å². The molecule has 1 aliphatic heterocycles. The molecule has 0 aromatic heterocycles. The monoisotopic (exact) mass is 286 g/mol. The highest BCUT2D eigenvalue weighted by Gasteiger charge is 2.28. The van der Waals surface area contributed by atoms with Crippen LogP contribution in [0.15, 0.2) is 12.1 Å². The van der Waals surface area contributed by atoms with Crippen molar-refractivity contribution in [1.82, 2.24) is 4.90 Å². The first-order chi connectivity index (χ1) is 9.04. The van der Waals surface area contributed by atoms with E-state index in [0.717, 1.165) is 24.3 Å². The van der Waals surface area contributed by atoms with Crippen molar-refractivity contribution in [3.8, 4) is 0 Å². The molecule has 1 saturated heterocycles. The standard InChI is InChI=1S/C13H16F2N2OS/c1-2-8-7-17(5-6-19-8)13(18)11-9(14)3-4-10(16)12(11)15/h3-4,8H,2,5-7,16H2,1H3. The third-order valence-corrected chi connectivity index (χ3v) is 4.59. The van der Waals surface area contributed by atoms with Crippen LogP contribution in [0.3, 0.4) is 0 Å². The van der Waals surface area contributed by atoms with E-state index in [1.807, 2.05) is 6.92 Å². The second kappa shape index (κ2) is 5.77. The molecular formula is C13H16F2N2OS. The first-order valence-electron chi connectivity index (χ1n) is 6.19. The normalized spacial score (nSPS) is 19.5. The molecule has 0 bridgehead atoms. The van der Waals surface area contributed by atoms with Crippen LogP contribution < -0.4 is 5.73 Å². The second-order valence-corrected chi connectivity index (χ2v) is 5.89. The van der Waals surface area contributed by atoms with Gasteiger partial charge in [0, 0.05) is 24.1 Å². The summed E-state index contributed by atoms with van der Waals surface area (Å²) in [6.45, 7) is 3.06. The summed E-state index contributed by atoms with van der Waals surface area (Å²) in [5, 5.41) is 0.324. The first kappa shape index (κ1) is 14.1. The van der Waals surface area contributed by atoms with Gasteiger partial charge in [0.25, 0.3) is 5.91 Å². The number of nitrogen functional groups attached to an aromatic ring is 1. The third kappa shape index (κ3) is 2.83. The average molecular weight is 286 g/mol. The Morgan fingerprint density at radius 3 is 2.95 bits per heavy atom. The summed E-state index contributed by atoms with van der Waals surface area (Å²) in [6.07, 6.45) is 0.927. The molecule has 1 aromatic rings. The molecule has 1 fully saturated rings. The van der Waals surface area contributed by atoms with Gasteiger partial charge >= 0.3 is 0 Å². The quantitative estimate of drug-likeness (QED) is 0.850. The number of hydrogen-bond acceptors (Lipinski definition) is 3. The van der Waals surface area contributed by atoms with E-state index in [4.69, 9.17) is 5.73 Å². The molecule has 0 aliphatic carbocycles. The summed E-state index contributed by atoms with van der Waals surface area (Å²) in [4.78, 5) is 13.7. The highest BCUT2D eigenvalue weighted by molar-refractivity contribution is 8.00. The lowest BCUT2D eigenvalue weighted by molar-refractivity contribution is 0.0751. The molecule has 1 amide bonds. The summed E-state index contributed by atoms with van der Waals surface area (Å²) in [7, 11) is 0. The summed E-state index contributed by atoms with van der Waals surface area (Å²) in [6, 6.07) is 2.16. The van der Waals surface area contributed by atoms with Crippen LogP contribution in [0.2, 0.25) is 0 Å². The van der Waals surface area contributed by atoms with Crippen LogP contribution in [0.4, 0.5) is 14.5 Å². The van der Waals surface area contributed by atoms with Crippen molar-refractivity contribution in [2.45, 2.75) is 18.6 Å². The lowest BCUT2D eigenvalue weighted by Gasteiger charge is -2.32. The van der Waals surface area contributed by atoms with Crippen molar-refractivity contribution in [2.75, 3.05) is 24.6 Å². The zero-order chi connectivity index (χ0) is 14.0. The minimum atomic E-state index is -0.962. The maximum Gasteiger partial charge on any atom is 0.259 e. The number of hydrogen-bond donors (Lipinski definition) is 1. The SMILES string of the molecule is CCC1CN(C(=O)c2c(F)ccc(N)c2F)CCS1. The van der Waals surface area contributed by atoms with E-state index in [0.29, 0.717) is 18.3 Å². The Hall–Kier alpha value is -1.30. The maximum atomic E-state index is 13.8. The van der Waals surface area contributed by atoms with Gasteiger partial charge in [-0.3, -0.25) is 4.79 Å². The van der Waals surface area contributed by atoms with Gasteiger partial charge in [-0.25, -0.2) is 8.78 Å². The van der Waals surface area contributed by atoms with Gasteiger partial charge in [-0.2, -0.15) is 11.8 Å². The average Bonchev–Trinajstić information content (AvgIpc) is 2.43. The molecule has 1 heterocycles. The molecule has 2 rings (SSSR count). The van der Waals surface area contributed by atoms with Crippen molar-refractivity contribution in [2.24, 2.45) is 0 Å². The number of benzene rings is 1. The molecule has 1 aliphatic rings. The number of carbonyl (C=O) groups excluding carboxylic acids is 1. The van der Waals surface area contributed by atoms with Crippen molar-refractivity contribution in [3.63, 3.8) is 0 Å². The Labute approximate surface area is 115 Å². The Kier molecular flexibility index (Phi) is 4.29. The van der Waals surface area contributed by atoms with E-state index in [1.165, 1.54) is 4.90 Å². The number of nitrogens with zero attached hydrogens (tertiary/aromatic N) is 1. The molecule has 1 atom stereocenters. The van der Waals surface area contributed by atoms with Crippen molar-refractivity contribution in [3.05, 3.63) is 29.3 Å². The van der Waals surface area contributed by atoms with E-state index in [2.05, 4.69) is 0 Å². The van der Waals surface area contributed by atoms with Crippen molar-refractivity contribution < 1.29 is 13.6 Å². The van der Waals surface area contributed by atoms with Crippen LogP contribution in [-0.2, 0) is 0 Å². The van der Waals surface area contributed by atoms with E-state index >= 15 is 0 Å². The largest absolute Gasteiger partial charge is 0.396 e. The Morgan fingerprint density at radius 1 is 1.53 bits per heavy atom. The number of rotatable bonds is 2. The molecule has 2 N–H and O–H groups in total. The number of carbonyl (C=O) groups is 1. The molecule has 19 heavy (non-hydrogen) atoms. The molecule has 0 spiro atoms. The van der Waals surface area contributed by atoms with Gasteiger partial charge in [0.1, 0.15) is 11.4 Å². The predicted octanol–water partition coefficient (Wildman–Crippen LogP) is 2.51. The topological polar surface area (TPSA) is 46.3 Å². The fourth-order valence-electron chi connectivity index (χ4n) is 2.07. The van der Waals surface area contributed by atoms with Crippen LogP contribution in [-0.4, -0.2) is 34.9 Å². The first-order valence-corrected chi connectivity index (χ1v) is 7.23. The van der Waals surface area contributed by atoms with Crippen LogP contribution in [0.25, 0.3) is 0 Å². The molecule has 6 heteroatoms. The minimum absolute atomic E-state index is 0.205. The Morgan fingerprint density at radius 2 is 2.26 bits per heavy atom. The van der Waals surface area contributed by atoms with Crippen molar-refractivity contribution in [1.29, 1.82) is 0 Å². The second-order valence-electron chi connectivity index (χ2n) is 4.48. The summed E-state index contributed by atoms with van der Waals surface area (Å²) in [5.41, 5.74) is 4.65. The third-order valence-electron chi connectivity index (χ3n) is 3.22. The summed E-state index contributed by atoms with van der Waals surface area (Å²) >= 11 is 1.79. The lowest BCUT2D eigenvalue weighted by atomic mass is 10.1. The van der Waals surface area contributed by atoms with Crippen LogP contribution in [0.5, 0.6) is 0 Å². The number of thioether (sulfide) groups is 1. The Bertz CT molecular complexity index is 496. The molecule has 1 unspecified atom stereocenters. The lowest BCUT2D eigenvalue weighted by Crippen LogP contribution is -2.42. The van der Waals surface area contributed by atoms with E-state index in [-0.39, 0.29) is 5.69 Å². The Balaban J connectivity index is 2.27. The van der Waals surface area contributed by atoms with Crippen LogP contribution in [0.1, 0.15) is 23.7 Å². The van der Waals surface area contributed by atoms with E-state index < -0.39 is 23.1 Å². The summed E-state index contributed by atoms with van der Waals surface area (Å²) in [5.74, 6) is -1.64. The number of anilines is 1. The molecule has 0 radical (unpaired) electrons. The predicted molar refractivity (Wildman–Crippen MR) is 73.2 cm³/mol. The summed E-state index contributed by atoms with van der Waals surface area (Å²) < 4.78 is 27.5. The minimum Gasteiger partial charge on any atom is -0.396 e. The fourth-order valence-corrected chi connectivity index (χ4v) is 3.25. The van der Waals surface area contributed by atoms with Crippen LogP contribution in [0, 0.1) is 11.6 Å². The van der Waals surface area contributed by atoms with Gasteiger partial charge < -0.3 is 10.6 Å². The number of halogens is 2. The van der Waals surface area contributed by atoms with Gasteiger partial charge in [-0.1, -0.05) is 6.92 Å². The highest BCUT2D eigenvalue weighted by Crippen LogP contribution is 2.25. The zero-order valence-corrected chi connectivity index (χ0v) is 11.5. The molecule has 3 nitrogen and oxygen atoms in total. The fraction of sp³-hybridized carbons (Fsp3) is 0.462. The number of amides is 1. The molecule has 0 saturated carbocycles. The maximum absolute atomic E-state index is 13.8. The van der Waals surface area contributed by atoms with Crippen LogP contribution >= 0.6 is 11.8 Å². The molecule has 1 aromatic carbocycles.